The maximum absolute atomic E-state index is 12.8. The highest BCUT2D eigenvalue weighted by atomic mass is 32.2. The third-order valence-corrected chi connectivity index (χ3v) is 9.63. The Kier molecular flexibility index (Phi) is 6.91. The number of benzene rings is 1. The Morgan fingerprint density at radius 1 is 1.22 bits per heavy atom. The van der Waals surface area contributed by atoms with Crippen LogP contribution in [0.15, 0.2) is 23.1 Å². The van der Waals surface area contributed by atoms with Crippen molar-refractivity contribution in [3.8, 4) is 0 Å². The van der Waals surface area contributed by atoms with E-state index in [2.05, 4.69) is 10.3 Å². The van der Waals surface area contributed by atoms with Gasteiger partial charge in [0.15, 0.2) is 0 Å². The minimum absolute atomic E-state index is 0.0602. The molecule has 2 fully saturated rings. The van der Waals surface area contributed by atoms with Gasteiger partial charge in [-0.2, -0.15) is 4.31 Å². The van der Waals surface area contributed by atoms with Crippen LogP contribution >= 0.6 is 0 Å². The normalized spacial score (nSPS) is 22.8. The summed E-state index contributed by atoms with van der Waals surface area (Å²) >= 11 is 0. The summed E-state index contributed by atoms with van der Waals surface area (Å²) in [5.41, 5.74) is 1.52. The summed E-state index contributed by atoms with van der Waals surface area (Å²) in [6.07, 6.45) is 7.57. The first kappa shape index (κ1) is 23.2. The van der Waals surface area contributed by atoms with E-state index < -0.39 is 10.0 Å². The molecule has 2 saturated carbocycles. The maximum Gasteiger partial charge on any atom is 0.243 e. The molecule has 1 aromatic carbocycles. The Hall–Kier alpha value is -1.93. The van der Waals surface area contributed by atoms with Gasteiger partial charge in [0.25, 0.3) is 0 Å². The number of aryl methyl sites for hydroxylation is 2. The number of nitrogens with zero attached hydrogens (tertiary/aromatic N) is 3. The Bertz CT molecular complexity index is 1070. The average molecular weight is 461 g/mol. The minimum Gasteiger partial charge on any atom is -0.356 e. The molecule has 1 N–H and O–H groups in total. The van der Waals surface area contributed by atoms with E-state index in [1.165, 1.54) is 30.0 Å². The second kappa shape index (κ2) is 9.51. The van der Waals surface area contributed by atoms with Crippen molar-refractivity contribution in [2.75, 3.05) is 19.6 Å². The standard InChI is InChI=1S/C24H36N4O3S/c1-4-28(5-2)32(30,31)20-8-9-22-21(16-20)26-23(27(22)3)10-11-24(29)25-13-12-19-15-17-6-7-18(19)14-17/h8-9,16-19H,4-7,10-15H2,1-3H3,(H,25,29). The quantitative estimate of drug-likeness (QED) is 0.588. The average Bonchev–Trinajstić information content (AvgIpc) is 3.47. The van der Waals surface area contributed by atoms with Crippen LogP contribution in [-0.2, 0) is 28.3 Å². The van der Waals surface area contributed by atoms with Gasteiger partial charge in [-0.3, -0.25) is 4.79 Å². The fourth-order valence-corrected chi connectivity index (χ4v) is 7.25. The molecule has 0 aliphatic heterocycles. The van der Waals surface area contributed by atoms with E-state index in [4.69, 9.17) is 0 Å². The Balaban J connectivity index is 1.34. The van der Waals surface area contributed by atoms with Crippen LogP contribution < -0.4 is 5.32 Å². The Morgan fingerprint density at radius 2 is 2.00 bits per heavy atom. The lowest BCUT2D eigenvalue weighted by molar-refractivity contribution is -0.121. The van der Waals surface area contributed by atoms with Crippen LogP contribution in [0.3, 0.4) is 0 Å². The lowest BCUT2D eigenvalue weighted by Gasteiger charge is -2.21. The monoisotopic (exact) mass is 460 g/mol. The highest BCUT2D eigenvalue weighted by molar-refractivity contribution is 7.89. The van der Waals surface area contributed by atoms with Gasteiger partial charge in [0.1, 0.15) is 5.82 Å². The van der Waals surface area contributed by atoms with Gasteiger partial charge in [-0.1, -0.05) is 20.3 Å². The van der Waals surface area contributed by atoms with Crippen LogP contribution in [0, 0.1) is 17.8 Å². The molecule has 1 amide bonds. The number of fused-ring (bicyclic) bond motifs is 3. The zero-order valence-corrected chi connectivity index (χ0v) is 20.3. The molecule has 0 saturated heterocycles. The molecular formula is C24H36N4O3S. The van der Waals surface area contributed by atoms with E-state index in [1.54, 1.807) is 18.2 Å². The summed E-state index contributed by atoms with van der Waals surface area (Å²) in [7, 11) is -1.61. The van der Waals surface area contributed by atoms with E-state index in [0.29, 0.717) is 31.4 Å². The van der Waals surface area contributed by atoms with Gasteiger partial charge in [-0.25, -0.2) is 13.4 Å². The smallest absolute Gasteiger partial charge is 0.243 e. The van der Waals surface area contributed by atoms with Crippen LogP contribution in [0.4, 0.5) is 0 Å². The maximum atomic E-state index is 12.8. The molecule has 0 spiro atoms. The fraction of sp³-hybridized carbons (Fsp3) is 0.667. The van der Waals surface area contributed by atoms with Crippen LogP contribution in [0.2, 0.25) is 0 Å². The Morgan fingerprint density at radius 3 is 2.66 bits per heavy atom. The number of rotatable bonds is 10. The molecule has 8 heteroatoms. The number of nitrogens with one attached hydrogen (secondary N) is 1. The number of carbonyl (C=O) groups excluding carboxylic acids is 1. The molecule has 176 valence electrons. The minimum atomic E-state index is -3.52. The van der Waals surface area contributed by atoms with Crippen LogP contribution in [0.1, 0.15) is 58.2 Å². The molecule has 4 rings (SSSR count). The van der Waals surface area contributed by atoms with Crippen LogP contribution in [0.25, 0.3) is 11.0 Å². The van der Waals surface area contributed by atoms with E-state index in [0.717, 1.165) is 42.1 Å². The van der Waals surface area contributed by atoms with Crippen molar-refractivity contribution in [2.24, 2.45) is 24.8 Å². The summed E-state index contributed by atoms with van der Waals surface area (Å²) in [4.78, 5) is 17.3. The number of hydrogen-bond donors (Lipinski definition) is 1. The van der Waals surface area contributed by atoms with Gasteiger partial charge in [-0.15, -0.1) is 0 Å². The number of sulfonamides is 1. The van der Waals surface area contributed by atoms with E-state index in [1.807, 2.05) is 25.5 Å². The van der Waals surface area contributed by atoms with Crippen LogP contribution in [-0.4, -0.2) is 47.8 Å². The number of carbonyl (C=O) groups is 1. The number of amides is 1. The molecule has 32 heavy (non-hydrogen) atoms. The highest BCUT2D eigenvalue weighted by Crippen LogP contribution is 2.49. The zero-order valence-electron chi connectivity index (χ0n) is 19.5. The number of imidazole rings is 1. The first-order valence-corrected chi connectivity index (χ1v) is 13.5. The lowest BCUT2D eigenvalue weighted by atomic mass is 9.86. The van der Waals surface area contributed by atoms with Crippen molar-refractivity contribution in [1.82, 2.24) is 19.2 Å². The molecule has 2 aliphatic carbocycles. The zero-order chi connectivity index (χ0) is 22.9. The molecule has 1 heterocycles. The van der Waals surface area contributed by atoms with Crippen molar-refractivity contribution in [2.45, 2.75) is 63.7 Å². The van der Waals surface area contributed by atoms with Crippen molar-refractivity contribution >= 4 is 27.0 Å². The molecule has 3 atom stereocenters. The molecular weight excluding hydrogens is 424 g/mol. The molecule has 2 aromatic rings. The summed E-state index contributed by atoms with van der Waals surface area (Å²) in [6.45, 7) is 5.30. The Labute approximate surface area is 191 Å². The third kappa shape index (κ3) is 4.57. The predicted octanol–water partition coefficient (Wildman–Crippen LogP) is 3.48. The highest BCUT2D eigenvalue weighted by Gasteiger charge is 2.38. The summed E-state index contributed by atoms with van der Waals surface area (Å²) < 4.78 is 29.0. The second-order valence-corrected chi connectivity index (χ2v) is 11.3. The van der Waals surface area contributed by atoms with Gasteiger partial charge in [0.05, 0.1) is 15.9 Å². The summed E-state index contributed by atoms with van der Waals surface area (Å²) in [6, 6.07) is 5.09. The second-order valence-electron chi connectivity index (χ2n) is 9.40. The van der Waals surface area contributed by atoms with Gasteiger partial charge in [0, 0.05) is 39.5 Å². The van der Waals surface area contributed by atoms with Gasteiger partial charge < -0.3 is 9.88 Å². The first-order valence-electron chi connectivity index (χ1n) is 12.1. The molecule has 2 aliphatic rings. The SMILES string of the molecule is CCN(CC)S(=O)(=O)c1ccc2c(c1)nc(CCC(=O)NCCC1CC3CCC1C3)n2C. The van der Waals surface area contributed by atoms with Crippen LogP contribution in [0.5, 0.6) is 0 Å². The van der Waals surface area contributed by atoms with E-state index in [9.17, 15) is 13.2 Å². The van der Waals surface area contributed by atoms with E-state index in [-0.39, 0.29) is 10.8 Å². The molecule has 0 radical (unpaired) electrons. The predicted molar refractivity (Wildman–Crippen MR) is 126 cm³/mol. The van der Waals surface area contributed by atoms with Crippen molar-refractivity contribution < 1.29 is 13.2 Å². The molecule has 7 nitrogen and oxygen atoms in total. The summed E-state index contributed by atoms with van der Waals surface area (Å²) in [5, 5.41) is 3.09. The fourth-order valence-electron chi connectivity index (χ4n) is 5.77. The third-order valence-electron chi connectivity index (χ3n) is 7.59. The molecule has 3 unspecified atom stereocenters. The molecule has 1 aromatic heterocycles. The van der Waals surface area contributed by atoms with Gasteiger partial charge in [-0.05, 0) is 61.6 Å². The van der Waals surface area contributed by atoms with Gasteiger partial charge in [0.2, 0.25) is 15.9 Å². The van der Waals surface area contributed by atoms with Crippen molar-refractivity contribution in [1.29, 1.82) is 0 Å². The first-order chi connectivity index (χ1) is 15.3. The largest absolute Gasteiger partial charge is 0.356 e. The van der Waals surface area contributed by atoms with Crippen molar-refractivity contribution in [3.05, 3.63) is 24.0 Å². The lowest BCUT2D eigenvalue weighted by Crippen LogP contribution is -2.30. The number of aromatic nitrogens is 2. The van der Waals surface area contributed by atoms with Crippen molar-refractivity contribution in [3.63, 3.8) is 0 Å². The topological polar surface area (TPSA) is 84.3 Å². The number of hydrogen-bond acceptors (Lipinski definition) is 4. The van der Waals surface area contributed by atoms with Gasteiger partial charge >= 0.3 is 0 Å². The molecule has 2 bridgehead atoms. The summed E-state index contributed by atoms with van der Waals surface area (Å²) in [5.74, 6) is 3.49. The van der Waals surface area contributed by atoms with E-state index >= 15 is 0 Å².